The van der Waals surface area contributed by atoms with Gasteiger partial charge >= 0.3 is 0 Å². The van der Waals surface area contributed by atoms with Crippen LogP contribution in [0.1, 0.15) is 16.7 Å². The van der Waals surface area contributed by atoms with E-state index in [1.807, 2.05) is 13.0 Å². The Morgan fingerprint density at radius 2 is 1.17 bits per heavy atom. The summed E-state index contributed by atoms with van der Waals surface area (Å²) in [5.41, 5.74) is 8.38. The predicted octanol–water partition coefficient (Wildman–Crippen LogP) is 7.14. The number of nitrogen functional groups attached to an aromatic ring is 1. The Morgan fingerprint density at radius 1 is 0.756 bits per heavy atom. The number of hydrogen-bond acceptors (Lipinski definition) is 8. The summed E-state index contributed by atoms with van der Waals surface area (Å²) in [4.78, 5) is 19.5. The molecule has 3 aromatic carbocycles. The first-order valence-electron chi connectivity index (χ1n) is 12.0. The van der Waals surface area contributed by atoms with Crippen LogP contribution in [-0.2, 0) is 0 Å². The topological polar surface area (TPSA) is 151 Å². The molecule has 0 amide bonds. The quantitative estimate of drug-likeness (QED) is 0.108. The molecule has 0 fully saturated rings. The van der Waals surface area contributed by atoms with Crippen LogP contribution in [-0.4, -0.2) is 53.5 Å². The lowest BCUT2D eigenvalue weighted by atomic mass is 10.2. The highest BCUT2D eigenvalue weighted by atomic mass is 79.9. The third-order valence-corrected chi connectivity index (χ3v) is 5.04. The molecule has 0 aliphatic rings. The van der Waals surface area contributed by atoms with Crippen LogP contribution in [0, 0.1) is 41.0 Å². The standard InChI is InChI=1S/C9H10FNO3.C9H12FNO.C7H7NO3.C2H4BrF/c1-7-2-3-8(11(12)13)6-9(7)14-5-4-10;1-7-2-3-8(11)6-9(7)12-5-4-10;1-5-2-3-6(8(10)11)4-7(5)9;3-1-2-4/h2-3,6H,4-5H2,1H3;2-3,6H,4-5,11H2,1H3;2-4,9H,1H3;1-2H2. The van der Waals surface area contributed by atoms with E-state index in [4.69, 9.17) is 20.3 Å². The number of aromatic hydroxyl groups is 1. The molecule has 0 bridgehead atoms. The zero-order valence-electron chi connectivity index (χ0n) is 22.8. The number of nitro groups is 2. The Hall–Kier alpha value is -4.07. The fraction of sp³-hybridized carbons (Fsp3) is 0.333. The van der Waals surface area contributed by atoms with E-state index < -0.39 is 23.2 Å². The zero-order valence-corrected chi connectivity index (χ0v) is 24.4. The zero-order chi connectivity index (χ0) is 31.4. The van der Waals surface area contributed by atoms with Crippen LogP contribution in [0.3, 0.4) is 0 Å². The van der Waals surface area contributed by atoms with Gasteiger partial charge in [-0.05, 0) is 55.7 Å². The number of nitro benzene ring substituents is 2. The summed E-state index contributed by atoms with van der Waals surface area (Å²) in [6.07, 6.45) is 0. The van der Waals surface area contributed by atoms with Gasteiger partial charge < -0.3 is 20.3 Å². The van der Waals surface area contributed by atoms with Gasteiger partial charge in [0.1, 0.15) is 43.8 Å². The van der Waals surface area contributed by atoms with Gasteiger partial charge in [-0.15, -0.1) is 0 Å². The van der Waals surface area contributed by atoms with Crippen molar-refractivity contribution in [3.63, 3.8) is 0 Å². The van der Waals surface area contributed by atoms with Crippen molar-refractivity contribution in [3.05, 3.63) is 91.5 Å². The SMILES string of the molecule is Cc1ccc(N)cc1OCCF.Cc1ccc([N+](=O)[O-])cc1O.Cc1ccc([N+](=O)[O-])cc1OCCF.FCCBr. The first kappa shape index (κ1) is 36.9. The van der Waals surface area contributed by atoms with Crippen molar-refractivity contribution in [2.24, 2.45) is 0 Å². The normalized spacial score (nSPS) is 9.54. The van der Waals surface area contributed by atoms with Gasteiger partial charge in [-0.25, -0.2) is 8.78 Å². The number of benzene rings is 3. The molecule has 0 unspecified atom stereocenters. The molecule has 0 aliphatic carbocycles. The molecule has 3 aromatic rings. The van der Waals surface area contributed by atoms with Gasteiger partial charge in [0.05, 0.1) is 28.7 Å². The van der Waals surface area contributed by atoms with Crippen molar-refractivity contribution in [3.8, 4) is 17.2 Å². The molecule has 3 rings (SSSR count). The van der Waals surface area contributed by atoms with Crippen LogP contribution in [0.5, 0.6) is 17.2 Å². The van der Waals surface area contributed by atoms with E-state index in [2.05, 4.69) is 15.9 Å². The van der Waals surface area contributed by atoms with Gasteiger partial charge in [-0.3, -0.25) is 24.6 Å². The third kappa shape index (κ3) is 15.3. The summed E-state index contributed by atoms with van der Waals surface area (Å²) in [6, 6.07) is 13.6. The number of rotatable bonds is 9. The molecular formula is C27H33BrF3N3O7. The lowest BCUT2D eigenvalue weighted by Crippen LogP contribution is -2.00. The second-order valence-electron chi connectivity index (χ2n) is 7.91. The molecular weight excluding hydrogens is 615 g/mol. The fourth-order valence-corrected chi connectivity index (χ4v) is 2.64. The van der Waals surface area contributed by atoms with Crippen molar-refractivity contribution in [2.45, 2.75) is 20.8 Å². The highest BCUT2D eigenvalue weighted by molar-refractivity contribution is 9.09. The first-order chi connectivity index (χ1) is 19.4. The molecule has 14 heteroatoms. The van der Waals surface area contributed by atoms with Crippen LogP contribution < -0.4 is 15.2 Å². The third-order valence-electron chi connectivity index (χ3n) is 4.74. The maximum atomic E-state index is 11.8. The molecule has 3 N–H and O–H groups in total. The van der Waals surface area contributed by atoms with Crippen LogP contribution in [0.4, 0.5) is 30.2 Å². The number of ether oxygens (including phenoxy) is 2. The van der Waals surface area contributed by atoms with Crippen molar-refractivity contribution in [2.75, 3.05) is 44.3 Å². The first-order valence-corrected chi connectivity index (χ1v) is 13.1. The number of nitrogens with zero attached hydrogens (tertiary/aromatic N) is 2. The highest BCUT2D eigenvalue weighted by Crippen LogP contribution is 2.24. The van der Waals surface area contributed by atoms with Crippen molar-refractivity contribution < 1.29 is 37.6 Å². The summed E-state index contributed by atoms with van der Waals surface area (Å²) >= 11 is 2.87. The highest BCUT2D eigenvalue weighted by Gasteiger charge is 2.09. The number of nitrogens with two attached hydrogens (primary N) is 1. The molecule has 0 spiro atoms. The number of phenols is 1. The summed E-state index contributed by atoms with van der Waals surface area (Å²) in [5, 5.41) is 30.1. The lowest BCUT2D eigenvalue weighted by molar-refractivity contribution is -0.385. The largest absolute Gasteiger partial charge is 0.507 e. The molecule has 0 aliphatic heterocycles. The van der Waals surface area contributed by atoms with E-state index in [-0.39, 0.29) is 37.0 Å². The Morgan fingerprint density at radius 3 is 1.59 bits per heavy atom. The van der Waals surface area contributed by atoms with Crippen LogP contribution in [0.25, 0.3) is 0 Å². The molecule has 0 aromatic heterocycles. The summed E-state index contributed by atoms with van der Waals surface area (Å²) < 4.78 is 44.3. The van der Waals surface area contributed by atoms with Crippen LogP contribution >= 0.6 is 15.9 Å². The molecule has 226 valence electrons. The molecule has 10 nitrogen and oxygen atoms in total. The fourth-order valence-electron chi connectivity index (χ4n) is 2.64. The van der Waals surface area contributed by atoms with E-state index in [1.165, 1.54) is 24.3 Å². The molecule has 0 radical (unpaired) electrons. The molecule has 0 heterocycles. The average molecular weight is 648 g/mol. The van der Waals surface area contributed by atoms with E-state index in [9.17, 15) is 33.4 Å². The number of halogens is 4. The Balaban J connectivity index is 0.000000552. The van der Waals surface area contributed by atoms with Gasteiger partial charge in [-0.1, -0.05) is 22.0 Å². The maximum absolute atomic E-state index is 11.8. The van der Waals surface area contributed by atoms with Gasteiger partial charge in [0.15, 0.2) is 0 Å². The van der Waals surface area contributed by atoms with E-state index >= 15 is 0 Å². The second kappa shape index (κ2) is 20.8. The average Bonchev–Trinajstić information content (AvgIpc) is 2.95. The monoisotopic (exact) mass is 647 g/mol. The maximum Gasteiger partial charge on any atom is 0.273 e. The molecule has 0 atom stereocenters. The second-order valence-corrected chi connectivity index (χ2v) is 8.71. The minimum absolute atomic E-state index is 0.0424. The number of aryl methyl sites for hydroxylation is 3. The summed E-state index contributed by atoms with van der Waals surface area (Å²) in [5.74, 6) is 0.976. The Kier molecular flexibility index (Phi) is 18.7. The molecule has 41 heavy (non-hydrogen) atoms. The van der Waals surface area contributed by atoms with Crippen LogP contribution in [0.15, 0.2) is 54.6 Å². The summed E-state index contributed by atoms with van der Waals surface area (Å²) in [6.45, 7) is 3.98. The molecule has 0 saturated heterocycles. The number of alkyl halides is 4. The van der Waals surface area contributed by atoms with Crippen molar-refractivity contribution in [1.82, 2.24) is 0 Å². The van der Waals surface area contributed by atoms with Crippen molar-refractivity contribution in [1.29, 1.82) is 0 Å². The predicted molar refractivity (Wildman–Crippen MR) is 156 cm³/mol. The van der Waals surface area contributed by atoms with Gasteiger partial charge in [0, 0.05) is 29.2 Å². The van der Waals surface area contributed by atoms with Gasteiger partial charge in [0.2, 0.25) is 0 Å². The van der Waals surface area contributed by atoms with Crippen LogP contribution in [0.2, 0.25) is 0 Å². The van der Waals surface area contributed by atoms with Crippen molar-refractivity contribution >= 4 is 33.0 Å². The number of non-ortho nitro benzene ring substituents is 2. The van der Waals surface area contributed by atoms with E-state index in [0.717, 1.165) is 17.2 Å². The lowest BCUT2D eigenvalue weighted by Gasteiger charge is -2.07. The minimum Gasteiger partial charge on any atom is -0.507 e. The number of hydrogen-bond donors (Lipinski definition) is 2. The Bertz CT molecular complexity index is 1230. The van der Waals surface area contributed by atoms with E-state index in [1.54, 1.807) is 32.0 Å². The number of anilines is 1. The summed E-state index contributed by atoms with van der Waals surface area (Å²) in [7, 11) is 0. The smallest absolute Gasteiger partial charge is 0.273 e. The van der Waals surface area contributed by atoms with E-state index in [0.29, 0.717) is 28.1 Å². The minimum atomic E-state index is -0.609. The van der Waals surface area contributed by atoms with Gasteiger partial charge in [0.25, 0.3) is 11.4 Å². The Labute approximate surface area is 244 Å². The molecule has 0 saturated carbocycles. The number of phenolic OH excluding ortho intramolecular Hbond substituents is 1. The van der Waals surface area contributed by atoms with Gasteiger partial charge in [-0.2, -0.15) is 0 Å².